The Balaban J connectivity index is 1.70. The smallest absolute Gasteiger partial charge is 0.291 e. The highest BCUT2D eigenvalue weighted by Crippen LogP contribution is 2.28. The first-order chi connectivity index (χ1) is 12.6. The lowest BCUT2D eigenvalue weighted by Crippen LogP contribution is -2.10. The molecule has 0 aliphatic carbocycles. The van der Waals surface area contributed by atoms with E-state index in [4.69, 9.17) is 14.1 Å². The fourth-order valence-electron chi connectivity index (χ4n) is 2.36. The minimum Gasteiger partial charge on any atom is -0.459 e. The minimum absolute atomic E-state index is 0.00538. The molecule has 0 bridgehead atoms. The first-order valence-corrected chi connectivity index (χ1v) is 7.45. The summed E-state index contributed by atoms with van der Waals surface area (Å²) in [6.07, 6.45) is 2.73. The van der Waals surface area contributed by atoms with Crippen molar-refractivity contribution >= 4 is 22.8 Å². The van der Waals surface area contributed by atoms with Crippen molar-refractivity contribution in [1.82, 2.24) is 9.97 Å². The Morgan fingerprint density at radius 2 is 2.15 bits per heavy atom. The number of amides is 1. The summed E-state index contributed by atoms with van der Waals surface area (Å²) in [6, 6.07) is 10.5. The van der Waals surface area contributed by atoms with Crippen molar-refractivity contribution in [3.05, 3.63) is 66.0 Å². The molecule has 1 aromatic carbocycles. The van der Waals surface area contributed by atoms with E-state index in [0.717, 1.165) is 0 Å². The average Bonchev–Trinajstić information content (AvgIpc) is 3.32. The van der Waals surface area contributed by atoms with Crippen LogP contribution in [0.15, 0.2) is 57.7 Å². The molecule has 0 atom stereocenters. The Morgan fingerprint density at radius 1 is 1.27 bits per heavy atom. The maximum absolute atomic E-state index is 14.2. The number of carbonyl (C=O) groups excluding carboxylic acids is 1. The van der Waals surface area contributed by atoms with Crippen LogP contribution in [-0.2, 0) is 0 Å². The van der Waals surface area contributed by atoms with E-state index in [0.29, 0.717) is 11.3 Å². The number of benzene rings is 1. The highest BCUT2D eigenvalue weighted by molar-refractivity contribution is 6.02. The van der Waals surface area contributed by atoms with Gasteiger partial charge >= 0.3 is 0 Å². The maximum atomic E-state index is 14.2. The van der Waals surface area contributed by atoms with Gasteiger partial charge in [-0.2, -0.15) is 10.2 Å². The molecule has 0 unspecified atom stereocenters. The number of anilines is 1. The van der Waals surface area contributed by atoms with Gasteiger partial charge in [-0.1, -0.05) is 0 Å². The molecule has 0 saturated carbocycles. The lowest BCUT2D eigenvalue weighted by atomic mass is 10.2. The number of furan rings is 1. The van der Waals surface area contributed by atoms with Crippen molar-refractivity contribution in [2.45, 2.75) is 0 Å². The second-order valence-electron chi connectivity index (χ2n) is 5.30. The second kappa shape index (κ2) is 6.14. The Kier molecular flexibility index (Phi) is 3.67. The number of oxazole rings is 1. The molecule has 3 heterocycles. The summed E-state index contributed by atoms with van der Waals surface area (Å²) >= 11 is 0. The van der Waals surface area contributed by atoms with E-state index in [1.54, 1.807) is 6.07 Å². The van der Waals surface area contributed by atoms with Gasteiger partial charge in [-0.05, 0) is 30.3 Å². The van der Waals surface area contributed by atoms with Crippen LogP contribution >= 0.6 is 0 Å². The number of carbonyl (C=O) groups is 1. The molecular formula is C18H9FN4O3. The molecule has 0 spiro atoms. The van der Waals surface area contributed by atoms with E-state index in [1.807, 2.05) is 6.07 Å². The van der Waals surface area contributed by atoms with Crippen LogP contribution in [0, 0.1) is 17.1 Å². The van der Waals surface area contributed by atoms with Crippen molar-refractivity contribution in [2.75, 3.05) is 5.32 Å². The molecule has 4 rings (SSSR count). The summed E-state index contributed by atoms with van der Waals surface area (Å²) in [5, 5.41) is 11.5. The number of hydrogen-bond acceptors (Lipinski definition) is 6. The van der Waals surface area contributed by atoms with Gasteiger partial charge in [-0.3, -0.25) is 4.79 Å². The number of nitrogens with zero attached hydrogens (tertiary/aromatic N) is 3. The highest BCUT2D eigenvalue weighted by atomic mass is 19.1. The van der Waals surface area contributed by atoms with Crippen LogP contribution < -0.4 is 5.32 Å². The number of halogens is 1. The van der Waals surface area contributed by atoms with Gasteiger partial charge in [0.25, 0.3) is 5.91 Å². The van der Waals surface area contributed by atoms with Gasteiger partial charge in [-0.15, -0.1) is 0 Å². The summed E-state index contributed by atoms with van der Waals surface area (Å²) < 4.78 is 24.8. The fraction of sp³-hybridized carbons (Fsp3) is 0. The van der Waals surface area contributed by atoms with E-state index in [-0.39, 0.29) is 28.4 Å². The summed E-state index contributed by atoms with van der Waals surface area (Å²) in [5.74, 6) is -0.918. The van der Waals surface area contributed by atoms with Crippen molar-refractivity contribution in [3.63, 3.8) is 0 Å². The van der Waals surface area contributed by atoms with Gasteiger partial charge in [0.1, 0.15) is 11.9 Å². The lowest BCUT2D eigenvalue weighted by Gasteiger charge is -2.05. The number of rotatable bonds is 3. The number of hydrogen-bond donors (Lipinski definition) is 1. The van der Waals surface area contributed by atoms with Crippen LogP contribution in [0.3, 0.4) is 0 Å². The Labute approximate surface area is 145 Å². The van der Waals surface area contributed by atoms with E-state index in [1.165, 1.54) is 42.8 Å². The molecule has 126 valence electrons. The first kappa shape index (κ1) is 15.5. The monoisotopic (exact) mass is 348 g/mol. The molecule has 1 N–H and O–H groups in total. The Morgan fingerprint density at radius 3 is 2.92 bits per heavy atom. The molecule has 1 amide bonds. The second-order valence-corrected chi connectivity index (χ2v) is 5.30. The third kappa shape index (κ3) is 2.78. The molecule has 26 heavy (non-hydrogen) atoms. The van der Waals surface area contributed by atoms with E-state index < -0.39 is 11.7 Å². The van der Waals surface area contributed by atoms with Crippen molar-refractivity contribution in [2.24, 2.45) is 0 Å². The van der Waals surface area contributed by atoms with Crippen molar-refractivity contribution in [3.8, 4) is 17.5 Å². The molecule has 0 aliphatic rings. The number of nitrogens with one attached hydrogen (secondary N) is 1. The van der Waals surface area contributed by atoms with Crippen LogP contribution in [0.25, 0.3) is 22.7 Å². The minimum atomic E-state index is -0.576. The summed E-state index contributed by atoms with van der Waals surface area (Å²) in [4.78, 5) is 20.2. The van der Waals surface area contributed by atoms with Crippen LogP contribution in [-0.4, -0.2) is 15.9 Å². The standard InChI is InChI=1S/C18H9FN4O3/c19-13-4-3-11(22-17(24)14-2-1-5-25-14)7-12(13)18-23-16-15(26-18)6-10(8-20)9-21-16/h1-7,9H,(H,22,24). The number of pyridine rings is 1. The van der Waals surface area contributed by atoms with Gasteiger partial charge in [-0.25, -0.2) is 9.37 Å². The maximum Gasteiger partial charge on any atom is 0.291 e. The predicted molar refractivity (Wildman–Crippen MR) is 88.6 cm³/mol. The van der Waals surface area contributed by atoms with E-state index in [9.17, 15) is 9.18 Å². The van der Waals surface area contributed by atoms with Gasteiger partial charge < -0.3 is 14.2 Å². The molecule has 0 aliphatic heterocycles. The first-order valence-electron chi connectivity index (χ1n) is 7.45. The zero-order valence-electron chi connectivity index (χ0n) is 13.1. The summed E-state index contributed by atoms with van der Waals surface area (Å²) in [5.41, 5.74) is 1.22. The highest BCUT2D eigenvalue weighted by Gasteiger charge is 2.16. The van der Waals surface area contributed by atoms with E-state index >= 15 is 0 Å². The number of aromatic nitrogens is 2. The van der Waals surface area contributed by atoms with E-state index in [2.05, 4.69) is 15.3 Å². The normalized spacial score (nSPS) is 10.6. The molecule has 0 fully saturated rings. The molecular weight excluding hydrogens is 339 g/mol. The van der Waals surface area contributed by atoms with Gasteiger partial charge in [0, 0.05) is 18.0 Å². The lowest BCUT2D eigenvalue weighted by molar-refractivity contribution is 0.0996. The van der Waals surface area contributed by atoms with Gasteiger partial charge in [0.05, 0.1) is 17.4 Å². The van der Waals surface area contributed by atoms with Crippen LogP contribution in [0.4, 0.5) is 10.1 Å². The third-order valence-electron chi connectivity index (χ3n) is 3.58. The topological polar surface area (TPSA) is 105 Å². The summed E-state index contributed by atoms with van der Waals surface area (Å²) in [7, 11) is 0. The molecule has 8 heteroatoms. The average molecular weight is 348 g/mol. The molecule has 0 saturated heterocycles. The van der Waals surface area contributed by atoms with Gasteiger partial charge in [0.2, 0.25) is 5.89 Å². The zero-order valence-corrected chi connectivity index (χ0v) is 13.1. The largest absolute Gasteiger partial charge is 0.459 e. The molecule has 3 aromatic heterocycles. The van der Waals surface area contributed by atoms with Crippen LogP contribution in [0.2, 0.25) is 0 Å². The van der Waals surface area contributed by atoms with Crippen molar-refractivity contribution in [1.29, 1.82) is 5.26 Å². The summed E-state index contributed by atoms with van der Waals surface area (Å²) in [6.45, 7) is 0. The molecule has 7 nitrogen and oxygen atoms in total. The third-order valence-corrected chi connectivity index (χ3v) is 3.58. The van der Waals surface area contributed by atoms with Crippen LogP contribution in [0.5, 0.6) is 0 Å². The number of fused-ring (bicyclic) bond motifs is 1. The molecule has 4 aromatic rings. The fourth-order valence-corrected chi connectivity index (χ4v) is 2.36. The quantitative estimate of drug-likeness (QED) is 0.604. The zero-order chi connectivity index (χ0) is 18.1. The SMILES string of the molecule is N#Cc1cnc2nc(-c3cc(NC(=O)c4ccco4)ccc3F)oc2c1. The molecule has 0 radical (unpaired) electrons. The van der Waals surface area contributed by atoms with Gasteiger partial charge in [0.15, 0.2) is 17.0 Å². The number of nitriles is 1. The Bertz CT molecular complexity index is 1160. The Hall–Kier alpha value is -3.99. The van der Waals surface area contributed by atoms with Crippen LogP contribution in [0.1, 0.15) is 16.1 Å². The predicted octanol–water partition coefficient (Wildman–Crippen LogP) is 3.75. The van der Waals surface area contributed by atoms with Crippen molar-refractivity contribution < 1.29 is 18.0 Å².